The van der Waals surface area contributed by atoms with Gasteiger partial charge in [0, 0.05) is 11.1 Å². The molecule has 4 nitrogen and oxygen atoms in total. The van der Waals surface area contributed by atoms with Gasteiger partial charge in [-0.15, -0.1) is 0 Å². The van der Waals surface area contributed by atoms with Crippen molar-refractivity contribution >= 4 is 17.6 Å². The smallest absolute Gasteiger partial charge is 0.308 e. The molecule has 114 valence electrons. The summed E-state index contributed by atoms with van der Waals surface area (Å²) in [5, 5.41) is 0.696. The molecule has 0 aromatic heterocycles. The van der Waals surface area contributed by atoms with Crippen LogP contribution in [0.3, 0.4) is 0 Å². The van der Waals surface area contributed by atoms with Gasteiger partial charge in [-0.1, -0.05) is 18.5 Å². The number of hydrogen-bond acceptors (Lipinski definition) is 4. The number of carbonyl (C=O) groups is 1. The highest BCUT2D eigenvalue weighted by molar-refractivity contribution is 6.31. The van der Waals surface area contributed by atoms with Crippen molar-refractivity contribution in [3.8, 4) is 11.5 Å². The lowest BCUT2D eigenvalue weighted by Gasteiger charge is -2.22. The molecule has 1 aliphatic heterocycles. The Bertz CT molecular complexity index is 557. The summed E-state index contributed by atoms with van der Waals surface area (Å²) in [7, 11) is 1.44. The molecule has 2 aliphatic rings. The van der Waals surface area contributed by atoms with E-state index in [1.165, 1.54) is 7.11 Å². The third kappa shape index (κ3) is 2.95. The van der Waals surface area contributed by atoms with Crippen LogP contribution in [0.2, 0.25) is 5.02 Å². The molecule has 0 radical (unpaired) electrons. The van der Waals surface area contributed by atoms with Gasteiger partial charge in [-0.3, -0.25) is 4.79 Å². The molecule has 0 N–H and O–H groups in total. The van der Waals surface area contributed by atoms with E-state index >= 15 is 0 Å². The second-order valence-corrected chi connectivity index (χ2v) is 6.19. The van der Waals surface area contributed by atoms with Crippen LogP contribution in [0, 0.1) is 11.8 Å². The van der Waals surface area contributed by atoms with Crippen LogP contribution in [0.4, 0.5) is 0 Å². The molecule has 0 saturated heterocycles. The number of fused-ring (bicyclic) bond motifs is 1. The molecular formula is C16H19ClO4. The Morgan fingerprint density at radius 3 is 2.71 bits per heavy atom. The fourth-order valence-electron chi connectivity index (χ4n) is 2.99. The Balaban J connectivity index is 1.70. The van der Waals surface area contributed by atoms with Crippen LogP contribution in [0.1, 0.15) is 31.2 Å². The van der Waals surface area contributed by atoms with Gasteiger partial charge in [-0.05, 0) is 36.3 Å². The van der Waals surface area contributed by atoms with Crippen LogP contribution in [0.5, 0.6) is 11.5 Å². The third-order valence-electron chi connectivity index (χ3n) is 4.28. The Morgan fingerprint density at radius 1 is 1.38 bits per heavy atom. The molecule has 3 atom stereocenters. The number of methoxy groups -OCH3 is 1. The van der Waals surface area contributed by atoms with Crippen LogP contribution in [-0.4, -0.2) is 26.3 Å². The van der Waals surface area contributed by atoms with E-state index < -0.39 is 0 Å². The largest absolute Gasteiger partial charge is 0.486 e. The van der Waals surface area contributed by atoms with Crippen LogP contribution in [-0.2, 0) is 9.53 Å². The van der Waals surface area contributed by atoms with Gasteiger partial charge in [-0.2, -0.15) is 0 Å². The molecule has 1 saturated carbocycles. The summed E-state index contributed by atoms with van der Waals surface area (Å²) in [5.74, 6) is 2.10. The Kier molecular flexibility index (Phi) is 3.98. The van der Waals surface area contributed by atoms with Crippen LogP contribution >= 0.6 is 11.6 Å². The predicted molar refractivity (Wildman–Crippen MR) is 79.1 cm³/mol. The first-order chi connectivity index (χ1) is 10.1. The van der Waals surface area contributed by atoms with Crippen molar-refractivity contribution in [1.82, 2.24) is 0 Å². The quantitative estimate of drug-likeness (QED) is 0.799. The first-order valence-corrected chi connectivity index (χ1v) is 7.64. The van der Waals surface area contributed by atoms with Gasteiger partial charge in [0.05, 0.1) is 13.0 Å². The Hall–Kier alpha value is -1.42. The van der Waals surface area contributed by atoms with E-state index in [9.17, 15) is 4.79 Å². The van der Waals surface area contributed by atoms with Gasteiger partial charge < -0.3 is 14.2 Å². The first-order valence-electron chi connectivity index (χ1n) is 7.27. The molecule has 1 aromatic rings. The topological polar surface area (TPSA) is 44.8 Å². The summed E-state index contributed by atoms with van der Waals surface area (Å²) < 4.78 is 15.9. The summed E-state index contributed by atoms with van der Waals surface area (Å²) in [6.45, 7) is 3.25. The maximum atomic E-state index is 11.5. The average molecular weight is 311 g/mol. The molecule has 3 unspecified atom stereocenters. The molecular weight excluding hydrogens is 292 g/mol. The van der Waals surface area contributed by atoms with E-state index in [0.29, 0.717) is 29.9 Å². The molecule has 1 aromatic carbocycles. The van der Waals surface area contributed by atoms with E-state index in [4.69, 9.17) is 25.8 Å². The minimum Gasteiger partial charge on any atom is -0.486 e. The van der Waals surface area contributed by atoms with Gasteiger partial charge in [-0.25, -0.2) is 0 Å². The summed E-state index contributed by atoms with van der Waals surface area (Å²) in [6, 6.07) is 3.80. The van der Waals surface area contributed by atoms with Crippen molar-refractivity contribution in [1.29, 1.82) is 0 Å². The van der Waals surface area contributed by atoms with Gasteiger partial charge in [0.1, 0.15) is 13.2 Å². The lowest BCUT2D eigenvalue weighted by Crippen LogP contribution is -2.15. The highest BCUT2D eigenvalue weighted by Gasteiger charge is 2.44. The molecule has 1 fully saturated rings. The summed E-state index contributed by atoms with van der Waals surface area (Å²) >= 11 is 6.36. The second kappa shape index (κ2) is 5.76. The van der Waals surface area contributed by atoms with Crippen molar-refractivity contribution in [3.63, 3.8) is 0 Å². The number of carbonyl (C=O) groups excluding carboxylic acids is 1. The van der Waals surface area contributed by atoms with Crippen molar-refractivity contribution in [2.75, 3.05) is 20.3 Å². The summed E-state index contributed by atoms with van der Waals surface area (Å²) in [5.41, 5.74) is 1.05. The van der Waals surface area contributed by atoms with E-state index in [2.05, 4.69) is 6.92 Å². The molecule has 0 spiro atoms. The Labute approximate surface area is 129 Å². The van der Waals surface area contributed by atoms with Crippen molar-refractivity contribution < 1.29 is 19.0 Å². The SMILES string of the molecule is COC(=O)C1CC1CC(C)c1cc2c(cc1Cl)OCCO2. The zero-order valence-corrected chi connectivity index (χ0v) is 13.0. The first kappa shape index (κ1) is 14.5. The summed E-state index contributed by atoms with van der Waals surface area (Å²) in [6.07, 6.45) is 1.85. The lowest BCUT2D eigenvalue weighted by molar-refractivity contribution is -0.142. The molecule has 3 rings (SSSR count). The maximum Gasteiger partial charge on any atom is 0.308 e. The fourth-order valence-corrected chi connectivity index (χ4v) is 3.33. The zero-order valence-electron chi connectivity index (χ0n) is 12.2. The van der Waals surface area contributed by atoms with E-state index in [-0.39, 0.29) is 17.8 Å². The van der Waals surface area contributed by atoms with Gasteiger partial charge in [0.25, 0.3) is 0 Å². The van der Waals surface area contributed by atoms with Crippen molar-refractivity contribution in [2.45, 2.75) is 25.7 Å². The normalized spacial score (nSPS) is 24.3. The second-order valence-electron chi connectivity index (χ2n) is 5.78. The van der Waals surface area contributed by atoms with E-state index in [0.717, 1.165) is 24.2 Å². The molecule has 1 aliphatic carbocycles. The predicted octanol–water partition coefficient (Wildman–Crippen LogP) is 3.41. The standard InChI is InChI=1S/C16H19ClO4/c1-9(5-10-6-12(10)16(18)19-2)11-7-14-15(8-13(11)17)21-4-3-20-14/h7-10,12H,3-6H2,1-2H3. The molecule has 5 heteroatoms. The fraction of sp³-hybridized carbons (Fsp3) is 0.562. The number of rotatable bonds is 4. The number of ether oxygens (including phenoxy) is 3. The Morgan fingerprint density at radius 2 is 2.05 bits per heavy atom. The highest BCUT2D eigenvalue weighted by atomic mass is 35.5. The van der Waals surface area contributed by atoms with Crippen molar-refractivity contribution in [3.05, 3.63) is 22.7 Å². The van der Waals surface area contributed by atoms with Crippen LogP contribution in [0.25, 0.3) is 0 Å². The minimum atomic E-state index is -0.0968. The molecule has 21 heavy (non-hydrogen) atoms. The van der Waals surface area contributed by atoms with E-state index in [1.807, 2.05) is 12.1 Å². The number of halogens is 1. The van der Waals surface area contributed by atoms with E-state index in [1.54, 1.807) is 0 Å². The molecule has 1 heterocycles. The summed E-state index contributed by atoms with van der Waals surface area (Å²) in [4.78, 5) is 11.5. The zero-order chi connectivity index (χ0) is 15.0. The minimum absolute atomic E-state index is 0.0634. The van der Waals surface area contributed by atoms with Gasteiger partial charge in [0.15, 0.2) is 11.5 Å². The highest BCUT2D eigenvalue weighted by Crippen LogP contribution is 2.47. The van der Waals surface area contributed by atoms with Gasteiger partial charge >= 0.3 is 5.97 Å². The molecule has 0 amide bonds. The van der Waals surface area contributed by atoms with Crippen LogP contribution < -0.4 is 9.47 Å². The third-order valence-corrected chi connectivity index (χ3v) is 4.60. The number of esters is 1. The maximum absolute atomic E-state index is 11.5. The average Bonchev–Trinajstić information content (AvgIpc) is 3.24. The van der Waals surface area contributed by atoms with Crippen molar-refractivity contribution in [2.24, 2.45) is 11.8 Å². The molecule has 0 bridgehead atoms. The lowest BCUT2D eigenvalue weighted by atomic mass is 9.94. The number of benzene rings is 1. The van der Waals surface area contributed by atoms with Crippen LogP contribution in [0.15, 0.2) is 12.1 Å². The monoisotopic (exact) mass is 310 g/mol. The van der Waals surface area contributed by atoms with Gasteiger partial charge in [0.2, 0.25) is 0 Å². The number of hydrogen-bond donors (Lipinski definition) is 0.